The predicted molar refractivity (Wildman–Crippen MR) is 96.9 cm³/mol. The van der Waals surface area contributed by atoms with Gasteiger partial charge in [0, 0.05) is 17.3 Å². The molecule has 2 N–H and O–H groups in total. The Balaban J connectivity index is 1.68. The molecule has 25 heavy (non-hydrogen) atoms. The van der Waals surface area contributed by atoms with Gasteiger partial charge in [0.1, 0.15) is 0 Å². The summed E-state index contributed by atoms with van der Waals surface area (Å²) in [6.07, 6.45) is 0.739. The van der Waals surface area contributed by atoms with Crippen molar-refractivity contribution in [1.82, 2.24) is 5.32 Å². The second kappa shape index (κ2) is 7.57. The summed E-state index contributed by atoms with van der Waals surface area (Å²) < 4.78 is 0. The average molecular weight is 359 g/mol. The molecule has 6 heteroatoms. The maximum absolute atomic E-state index is 12.5. The first-order valence-corrected chi connectivity index (χ1v) is 8.50. The number of carbonyl (C=O) groups excluding carboxylic acids is 1. The monoisotopic (exact) mass is 358 g/mol. The van der Waals surface area contributed by atoms with Crippen LogP contribution in [0.5, 0.6) is 0 Å². The molecule has 130 valence electrons. The van der Waals surface area contributed by atoms with Crippen LogP contribution in [0.1, 0.15) is 23.6 Å². The number of para-hydroxylation sites is 1. The number of fused-ring (bicyclic) bond motifs is 1. The number of nitrogens with zero attached hydrogens (tertiary/aromatic N) is 1. The number of anilines is 1. The average Bonchev–Trinajstić information content (AvgIpc) is 2.98. The Bertz CT molecular complexity index is 776. The summed E-state index contributed by atoms with van der Waals surface area (Å²) in [5, 5.41) is 12.5. The van der Waals surface area contributed by atoms with Gasteiger partial charge in [0.05, 0.1) is 19.0 Å². The fourth-order valence-electron chi connectivity index (χ4n) is 3.11. The number of carbonyl (C=O) groups is 2. The molecule has 0 bridgehead atoms. The Hall–Kier alpha value is -2.53. The lowest BCUT2D eigenvalue weighted by molar-refractivity contribution is -0.137. The molecule has 1 aliphatic heterocycles. The summed E-state index contributed by atoms with van der Waals surface area (Å²) in [4.78, 5) is 25.6. The minimum absolute atomic E-state index is 0.177. The third-order valence-corrected chi connectivity index (χ3v) is 4.56. The molecule has 0 unspecified atom stereocenters. The molecule has 5 nitrogen and oxygen atoms in total. The van der Waals surface area contributed by atoms with Crippen LogP contribution in [0, 0.1) is 0 Å². The first kappa shape index (κ1) is 17.3. The number of aliphatic carboxylic acids is 1. The third kappa shape index (κ3) is 4.31. The number of halogens is 1. The molecule has 1 heterocycles. The van der Waals surface area contributed by atoms with Crippen LogP contribution in [0.15, 0.2) is 48.5 Å². The highest BCUT2D eigenvalue weighted by Gasteiger charge is 2.23. The molecule has 1 amide bonds. The Morgan fingerprint density at radius 2 is 1.88 bits per heavy atom. The number of hydrogen-bond donors (Lipinski definition) is 2. The summed E-state index contributed by atoms with van der Waals surface area (Å²) in [6, 6.07) is 14.3. The summed E-state index contributed by atoms with van der Waals surface area (Å²) in [5.74, 6) is -1.16. The number of hydrogen-bond acceptors (Lipinski definition) is 3. The highest BCUT2D eigenvalue weighted by atomic mass is 35.5. The van der Waals surface area contributed by atoms with Gasteiger partial charge in [0.2, 0.25) is 5.91 Å². The maximum atomic E-state index is 12.5. The zero-order chi connectivity index (χ0) is 17.8. The Morgan fingerprint density at radius 3 is 2.60 bits per heavy atom. The SMILES string of the molecule is O=C(O)C[C@H](NC(=O)CN1CCc2ccccc21)c1ccc(Cl)cc1. The third-order valence-electron chi connectivity index (χ3n) is 4.30. The van der Waals surface area contributed by atoms with E-state index in [1.165, 1.54) is 5.56 Å². The predicted octanol–water partition coefficient (Wildman–Crippen LogP) is 3.03. The van der Waals surface area contributed by atoms with Crippen molar-refractivity contribution in [2.45, 2.75) is 18.9 Å². The maximum Gasteiger partial charge on any atom is 0.305 e. The van der Waals surface area contributed by atoms with Gasteiger partial charge < -0.3 is 15.3 Å². The lowest BCUT2D eigenvalue weighted by atomic mass is 10.0. The van der Waals surface area contributed by atoms with Crippen molar-refractivity contribution < 1.29 is 14.7 Å². The minimum Gasteiger partial charge on any atom is -0.481 e. The van der Waals surface area contributed by atoms with Crippen molar-refractivity contribution in [3.05, 3.63) is 64.7 Å². The van der Waals surface area contributed by atoms with E-state index >= 15 is 0 Å². The fourth-order valence-corrected chi connectivity index (χ4v) is 3.23. The van der Waals surface area contributed by atoms with Gasteiger partial charge in [-0.3, -0.25) is 9.59 Å². The first-order chi connectivity index (χ1) is 12.0. The Morgan fingerprint density at radius 1 is 1.16 bits per heavy atom. The fraction of sp³-hybridized carbons (Fsp3) is 0.263. The van der Waals surface area contributed by atoms with Gasteiger partial charge in [0.15, 0.2) is 0 Å². The van der Waals surface area contributed by atoms with E-state index in [-0.39, 0.29) is 18.9 Å². The van der Waals surface area contributed by atoms with E-state index in [0.29, 0.717) is 5.02 Å². The number of amides is 1. The molecular formula is C19H19ClN2O3. The molecule has 0 spiro atoms. The molecule has 0 aromatic heterocycles. The van der Waals surface area contributed by atoms with Gasteiger partial charge in [-0.25, -0.2) is 0 Å². The lowest BCUT2D eigenvalue weighted by Crippen LogP contribution is -2.39. The molecular weight excluding hydrogens is 340 g/mol. The van der Waals surface area contributed by atoms with Crippen LogP contribution in [0.2, 0.25) is 5.02 Å². The van der Waals surface area contributed by atoms with Gasteiger partial charge in [-0.15, -0.1) is 0 Å². The molecule has 0 saturated carbocycles. The van der Waals surface area contributed by atoms with Crippen molar-refractivity contribution in [2.24, 2.45) is 0 Å². The van der Waals surface area contributed by atoms with Gasteiger partial charge in [0.25, 0.3) is 0 Å². The standard InChI is InChI=1S/C19H19ClN2O3/c20-15-7-5-13(6-8-15)16(11-19(24)25)21-18(23)12-22-10-9-14-3-1-2-4-17(14)22/h1-8,16H,9-12H2,(H,21,23)(H,24,25)/t16-/m0/s1. The van der Waals surface area contributed by atoms with E-state index in [1.807, 2.05) is 23.1 Å². The number of carboxylic acid groups (broad SMARTS) is 1. The van der Waals surface area contributed by atoms with Crippen molar-refractivity contribution in [3.8, 4) is 0 Å². The second-order valence-corrected chi connectivity index (χ2v) is 6.51. The number of rotatable bonds is 6. The van der Waals surface area contributed by atoms with E-state index in [0.717, 1.165) is 24.2 Å². The number of benzene rings is 2. The highest BCUT2D eigenvalue weighted by molar-refractivity contribution is 6.30. The zero-order valence-electron chi connectivity index (χ0n) is 13.6. The normalized spacial score (nSPS) is 14.0. The first-order valence-electron chi connectivity index (χ1n) is 8.12. The van der Waals surface area contributed by atoms with Crippen LogP contribution in [0.25, 0.3) is 0 Å². The van der Waals surface area contributed by atoms with Crippen LogP contribution < -0.4 is 10.2 Å². The van der Waals surface area contributed by atoms with Crippen molar-refractivity contribution in [3.63, 3.8) is 0 Å². The number of nitrogens with one attached hydrogen (secondary N) is 1. The Kier molecular flexibility index (Phi) is 5.24. The number of carboxylic acids is 1. The van der Waals surface area contributed by atoms with Crippen LogP contribution in [-0.4, -0.2) is 30.1 Å². The lowest BCUT2D eigenvalue weighted by Gasteiger charge is -2.22. The minimum atomic E-state index is -0.966. The molecule has 0 aliphatic carbocycles. The molecule has 2 aromatic rings. The van der Waals surface area contributed by atoms with E-state index < -0.39 is 12.0 Å². The van der Waals surface area contributed by atoms with Crippen LogP contribution in [0.3, 0.4) is 0 Å². The van der Waals surface area contributed by atoms with E-state index in [1.54, 1.807) is 24.3 Å². The molecule has 1 atom stereocenters. The summed E-state index contributed by atoms with van der Waals surface area (Å²) in [6.45, 7) is 0.998. The van der Waals surface area contributed by atoms with Crippen molar-refractivity contribution >= 4 is 29.2 Å². The molecule has 3 rings (SSSR count). The van der Waals surface area contributed by atoms with Gasteiger partial charge in [-0.1, -0.05) is 41.9 Å². The summed E-state index contributed by atoms with van der Waals surface area (Å²) in [7, 11) is 0. The molecule has 0 fully saturated rings. The molecule has 1 aliphatic rings. The van der Waals surface area contributed by atoms with Gasteiger partial charge in [-0.05, 0) is 35.7 Å². The summed E-state index contributed by atoms with van der Waals surface area (Å²) in [5.41, 5.74) is 3.02. The van der Waals surface area contributed by atoms with Crippen LogP contribution in [0.4, 0.5) is 5.69 Å². The van der Waals surface area contributed by atoms with Gasteiger partial charge >= 0.3 is 5.97 Å². The zero-order valence-corrected chi connectivity index (χ0v) is 14.4. The highest BCUT2D eigenvalue weighted by Crippen LogP contribution is 2.27. The topological polar surface area (TPSA) is 69.6 Å². The second-order valence-electron chi connectivity index (χ2n) is 6.07. The van der Waals surface area contributed by atoms with Crippen molar-refractivity contribution in [2.75, 3.05) is 18.0 Å². The molecule has 0 radical (unpaired) electrons. The van der Waals surface area contributed by atoms with E-state index in [2.05, 4.69) is 11.4 Å². The van der Waals surface area contributed by atoms with E-state index in [9.17, 15) is 9.59 Å². The quantitative estimate of drug-likeness (QED) is 0.832. The molecule has 2 aromatic carbocycles. The largest absolute Gasteiger partial charge is 0.481 e. The van der Waals surface area contributed by atoms with Crippen LogP contribution in [-0.2, 0) is 16.0 Å². The van der Waals surface area contributed by atoms with Gasteiger partial charge in [-0.2, -0.15) is 0 Å². The Labute approximate surface area is 151 Å². The van der Waals surface area contributed by atoms with E-state index in [4.69, 9.17) is 16.7 Å². The summed E-state index contributed by atoms with van der Waals surface area (Å²) >= 11 is 5.88. The van der Waals surface area contributed by atoms with Crippen molar-refractivity contribution in [1.29, 1.82) is 0 Å². The smallest absolute Gasteiger partial charge is 0.305 e. The van der Waals surface area contributed by atoms with Crippen LogP contribution >= 0.6 is 11.6 Å². The molecule has 0 saturated heterocycles.